The first-order valence-corrected chi connectivity index (χ1v) is 12.0. The minimum Gasteiger partial charge on any atom is -0.228 e. The number of nitrogens with zero attached hydrogens (tertiary/aromatic N) is 1. The van der Waals surface area contributed by atoms with Gasteiger partial charge in [-0.1, -0.05) is 39.8 Å². The van der Waals surface area contributed by atoms with Crippen LogP contribution >= 0.6 is 0 Å². The molecule has 1 aromatic rings. The molecule has 0 aliphatic carbocycles. The van der Waals surface area contributed by atoms with Crippen molar-refractivity contribution in [3.05, 3.63) is 29.3 Å². The Kier molecular flexibility index (Phi) is 4.79. The summed E-state index contributed by atoms with van der Waals surface area (Å²) in [6.45, 7) is 8.44. The zero-order valence-electron chi connectivity index (χ0n) is 15.3. The van der Waals surface area contributed by atoms with Crippen LogP contribution in [0.4, 0.5) is 0 Å². The van der Waals surface area contributed by atoms with Gasteiger partial charge in [0.05, 0.1) is 15.9 Å². The molecule has 2 fully saturated rings. The van der Waals surface area contributed by atoms with Crippen molar-refractivity contribution in [1.82, 2.24) is 4.31 Å². The lowest BCUT2D eigenvalue weighted by Gasteiger charge is -2.22. The van der Waals surface area contributed by atoms with Gasteiger partial charge in [0, 0.05) is 13.1 Å². The van der Waals surface area contributed by atoms with Crippen molar-refractivity contribution in [2.45, 2.75) is 56.1 Å². The smallest absolute Gasteiger partial charge is 0.228 e. The molecule has 1 aromatic carbocycles. The van der Waals surface area contributed by atoms with E-state index in [2.05, 4.69) is 0 Å². The van der Waals surface area contributed by atoms with Gasteiger partial charge in [0.1, 0.15) is 0 Å². The molecule has 0 bridgehead atoms. The Morgan fingerprint density at radius 3 is 2.32 bits per heavy atom. The van der Waals surface area contributed by atoms with Crippen LogP contribution in [0.25, 0.3) is 0 Å². The molecular formula is C18H27NO4S2. The predicted molar refractivity (Wildman–Crippen MR) is 99.1 cm³/mol. The van der Waals surface area contributed by atoms with Crippen molar-refractivity contribution < 1.29 is 16.8 Å². The van der Waals surface area contributed by atoms with Crippen LogP contribution in [-0.4, -0.2) is 45.2 Å². The lowest BCUT2D eigenvalue weighted by atomic mass is 9.97. The van der Waals surface area contributed by atoms with E-state index in [0.717, 1.165) is 11.1 Å². The van der Waals surface area contributed by atoms with Crippen LogP contribution < -0.4 is 0 Å². The molecule has 0 amide bonds. The SMILES string of the molecule is CC(C)c1ccc(C(C)C)c(S(=O)(=O)N2C[C@@H]3CCS(=O)(=O)[C@@H]3C2)c1. The maximum Gasteiger partial charge on any atom is 0.243 e. The fourth-order valence-electron chi connectivity index (χ4n) is 3.90. The molecule has 2 aliphatic heterocycles. The fraction of sp³-hybridized carbons (Fsp3) is 0.667. The topological polar surface area (TPSA) is 71.5 Å². The van der Waals surface area contributed by atoms with Crippen LogP contribution in [0.1, 0.15) is 57.1 Å². The average molecular weight is 386 g/mol. The van der Waals surface area contributed by atoms with Gasteiger partial charge < -0.3 is 0 Å². The normalized spacial score (nSPS) is 26.5. The summed E-state index contributed by atoms with van der Waals surface area (Å²) in [6.07, 6.45) is 0.572. The van der Waals surface area contributed by atoms with Crippen LogP contribution in [0, 0.1) is 5.92 Å². The van der Waals surface area contributed by atoms with Gasteiger partial charge in [-0.05, 0) is 41.4 Å². The molecule has 2 heterocycles. The molecule has 0 saturated carbocycles. The second kappa shape index (κ2) is 6.35. The van der Waals surface area contributed by atoms with Gasteiger partial charge in [-0.15, -0.1) is 0 Å². The molecule has 0 spiro atoms. The first kappa shape index (κ1) is 18.9. The molecule has 0 aromatic heterocycles. The van der Waals surface area contributed by atoms with E-state index < -0.39 is 25.1 Å². The minimum absolute atomic E-state index is 0.0597. The summed E-state index contributed by atoms with van der Waals surface area (Å²) >= 11 is 0. The van der Waals surface area contributed by atoms with E-state index in [9.17, 15) is 16.8 Å². The van der Waals surface area contributed by atoms with Crippen molar-refractivity contribution in [3.63, 3.8) is 0 Å². The summed E-state index contributed by atoms with van der Waals surface area (Å²) in [7, 11) is -6.85. The summed E-state index contributed by atoms with van der Waals surface area (Å²) < 4.78 is 52.3. The van der Waals surface area contributed by atoms with Crippen LogP contribution in [0.3, 0.4) is 0 Å². The Morgan fingerprint density at radius 1 is 1.08 bits per heavy atom. The van der Waals surface area contributed by atoms with E-state index in [4.69, 9.17) is 0 Å². The summed E-state index contributed by atoms with van der Waals surface area (Å²) in [5.74, 6) is 0.442. The van der Waals surface area contributed by atoms with Gasteiger partial charge in [0.25, 0.3) is 0 Å². The number of fused-ring (bicyclic) bond motifs is 1. The van der Waals surface area contributed by atoms with Crippen molar-refractivity contribution in [3.8, 4) is 0 Å². The van der Waals surface area contributed by atoms with Gasteiger partial charge in [-0.2, -0.15) is 4.31 Å². The Hall–Kier alpha value is -0.920. The summed E-state index contributed by atoms with van der Waals surface area (Å²) in [5.41, 5.74) is 1.78. The number of hydrogen-bond acceptors (Lipinski definition) is 4. The third kappa shape index (κ3) is 3.26. The standard InChI is InChI=1S/C18H27NO4S2/c1-12(2)14-5-6-16(13(3)4)17(9-14)25(22,23)19-10-15-7-8-24(20,21)18(15)11-19/h5-6,9,12-13,15,18H,7-8,10-11H2,1-4H3/t15-,18+/m0/s1. The molecular weight excluding hydrogens is 358 g/mol. The Balaban J connectivity index is 2.02. The first-order chi connectivity index (χ1) is 11.5. The molecule has 0 radical (unpaired) electrons. The third-order valence-corrected chi connectivity index (χ3v) is 9.67. The van der Waals surface area contributed by atoms with Crippen LogP contribution in [0.15, 0.2) is 23.1 Å². The van der Waals surface area contributed by atoms with Gasteiger partial charge in [0.15, 0.2) is 9.84 Å². The average Bonchev–Trinajstić information content (AvgIpc) is 3.08. The molecule has 0 N–H and O–H groups in total. The van der Waals surface area contributed by atoms with E-state index >= 15 is 0 Å². The fourth-order valence-corrected chi connectivity index (χ4v) is 8.05. The second-order valence-corrected chi connectivity index (χ2v) is 12.1. The lowest BCUT2D eigenvalue weighted by molar-refractivity contribution is 0.453. The Bertz CT molecular complexity index is 872. The van der Waals surface area contributed by atoms with E-state index in [1.807, 2.05) is 39.8 Å². The Labute approximate surface area is 151 Å². The highest BCUT2D eigenvalue weighted by Crippen LogP contribution is 2.38. The maximum atomic E-state index is 13.3. The van der Waals surface area contributed by atoms with E-state index in [1.54, 1.807) is 6.07 Å². The number of benzene rings is 1. The number of rotatable bonds is 4. The Morgan fingerprint density at radius 2 is 1.76 bits per heavy atom. The zero-order valence-corrected chi connectivity index (χ0v) is 16.9. The van der Waals surface area contributed by atoms with Gasteiger partial charge in [0.2, 0.25) is 10.0 Å². The second-order valence-electron chi connectivity index (χ2n) is 7.88. The molecule has 5 nitrogen and oxygen atoms in total. The van der Waals surface area contributed by atoms with Crippen LogP contribution in [0.5, 0.6) is 0 Å². The van der Waals surface area contributed by atoms with E-state index in [0.29, 0.717) is 17.9 Å². The molecule has 7 heteroatoms. The van der Waals surface area contributed by atoms with Crippen molar-refractivity contribution in [2.75, 3.05) is 18.8 Å². The number of hydrogen-bond donors (Lipinski definition) is 0. The van der Waals surface area contributed by atoms with E-state index in [1.165, 1.54) is 4.31 Å². The monoisotopic (exact) mass is 385 g/mol. The van der Waals surface area contributed by atoms with Gasteiger partial charge in [-0.25, -0.2) is 16.8 Å². The highest BCUT2D eigenvalue weighted by molar-refractivity contribution is 7.92. The summed E-state index contributed by atoms with van der Waals surface area (Å²) in [4.78, 5) is 0.339. The molecule has 0 unspecified atom stereocenters. The summed E-state index contributed by atoms with van der Waals surface area (Å²) in [5, 5.41) is -0.530. The first-order valence-electron chi connectivity index (χ1n) is 8.89. The lowest BCUT2D eigenvalue weighted by Crippen LogP contribution is -2.33. The minimum atomic E-state index is -3.69. The number of sulfone groups is 1. The third-order valence-electron chi connectivity index (χ3n) is 5.53. The predicted octanol–water partition coefficient (Wildman–Crippen LogP) is 2.74. The maximum absolute atomic E-state index is 13.3. The highest BCUT2D eigenvalue weighted by atomic mass is 32.2. The highest BCUT2D eigenvalue weighted by Gasteiger charge is 2.49. The molecule has 3 rings (SSSR count). The quantitative estimate of drug-likeness (QED) is 0.799. The molecule has 2 atom stereocenters. The molecule has 2 aliphatic rings. The largest absolute Gasteiger partial charge is 0.243 e. The van der Waals surface area contributed by atoms with Crippen LogP contribution in [-0.2, 0) is 19.9 Å². The number of sulfonamides is 1. The van der Waals surface area contributed by atoms with Crippen molar-refractivity contribution >= 4 is 19.9 Å². The zero-order chi connectivity index (χ0) is 18.6. The van der Waals surface area contributed by atoms with Gasteiger partial charge >= 0.3 is 0 Å². The van der Waals surface area contributed by atoms with Crippen LogP contribution in [0.2, 0.25) is 0 Å². The van der Waals surface area contributed by atoms with Gasteiger partial charge in [-0.3, -0.25) is 0 Å². The molecule has 2 saturated heterocycles. The van der Waals surface area contributed by atoms with E-state index in [-0.39, 0.29) is 30.1 Å². The molecule has 140 valence electrons. The van der Waals surface area contributed by atoms with Crippen molar-refractivity contribution in [2.24, 2.45) is 5.92 Å². The van der Waals surface area contributed by atoms with Crippen molar-refractivity contribution in [1.29, 1.82) is 0 Å². The summed E-state index contributed by atoms with van der Waals surface area (Å²) in [6, 6.07) is 5.67. The molecule has 25 heavy (non-hydrogen) atoms.